The Morgan fingerprint density at radius 2 is 0.538 bits per heavy atom. The van der Waals surface area contributed by atoms with Gasteiger partial charge in [-0.05, 0) is 173 Å². The molecule has 0 saturated heterocycles. The average Bonchev–Trinajstić information content (AvgIpc) is 2.11. The largest absolute Gasteiger partial charge is 0.456 e. The van der Waals surface area contributed by atoms with Gasteiger partial charge in [0.05, 0.1) is 55.8 Å². The van der Waals surface area contributed by atoms with Crippen LogP contribution in [0, 0.1) is 11.3 Å². The zero-order valence-electron chi connectivity index (χ0n) is 49.2. The summed E-state index contributed by atoms with van der Waals surface area (Å²) < 4.78 is 15.5. The number of rotatable bonds is 7. The van der Waals surface area contributed by atoms with Gasteiger partial charge in [0.25, 0.3) is 0 Å². The third-order valence-electron chi connectivity index (χ3n) is 18.5. The Bertz CT molecular complexity index is 6150. The zero-order chi connectivity index (χ0) is 60.1. The minimum absolute atomic E-state index is 0.652. The van der Waals surface area contributed by atoms with Crippen LogP contribution >= 0.6 is 0 Å². The average molecular weight is 1160 g/mol. The fraction of sp³-hybridized carbons (Fsp3) is 0. The van der Waals surface area contributed by atoms with Gasteiger partial charge < -0.3 is 22.7 Å². The summed E-state index contributed by atoms with van der Waals surface area (Å²) in [6, 6.07) is 117. The third kappa shape index (κ3) is 8.41. The van der Waals surface area contributed by atoms with Crippen molar-refractivity contribution >= 4 is 109 Å². The van der Waals surface area contributed by atoms with Crippen LogP contribution in [0.25, 0.3) is 165 Å². The van der Waals surface area contributed by atoms with Gasteiger partial charge in [-0.3, -0.25) is 0 Å². The van der Waals surface area contributed by atoms with Gasteiger partial charge in [-0.25, -0.2) is 0 Å². The lowest BCUT2D eigenvalue weighted by Crippen LogP contribution is -1.94. The fourth-order valence-corrected chi connectivity index (χ4v) is 14.3. The van der Waals surface area contributed by atoms with Crippen molar-refractivity contribution in [2.75, 3.05) is 0 Å². The highest BCUT2D eigenvalue weighted by Crippen LogP contribution is 2.42. The van der Waals surface area contributed by atoms with E-state index in [1.54, 1.807) is 0 Å². The summed E-state index contributed by atoms with van der Waals surface area (Å²) in [5.41, 5.74) is 23.6. The molecule has 5 heterocycles. The molecular formula is C85H53N5O. The summed E-state index contributed by atoms with van der Waals surface area (Å²) >= 11 is 0. The number of hydrogen-bond acceptors (Lipinski definition) is 2. The molecule has 0 atom stereocenters. The highest BCUT2D eigenvalue weighted by atomic mass is 16.3. The van der Waals surface area contributed by atoms with E-state index in [0.29, 0.717) is 5.56 Å². The van der Waals surface area contributed by atoms with Gasteiger partial charge in [-0.15, -0.1) is 0 Å². The molecule has 0 fully saturated rings. The fourth-order valence-electron chi connectivity index (χ4n) is 14.3. The first-order valence-electron chi connectivity index (χ1n) is 30.9. The lowest BCUT2D eigenvalue weighted by Gasteiger charge is -2.10. The van der Waals surface area contributed by atoms with Crippen LogP contribution in [0.15, 0.2) is 326 Å². The van der Waals surface area contributed by atoms with Crippen LogP contribution in [-0.2, 0) is 0 Å². The molecule has 0 radical (unpaired) electrons. The van der Waals surface area contributed by atoms with Crippen LogP contribution in [0.4, 0.5) is 0 Å². The molecule has 0 aliphatic carbocycles. The van der Waals surface area contributed by atoms with E-state index in [1.165, 1.54) is 115 Å². The van der Waals surface area contributed by atoms with Gasteiger partial charge in [-0.2, -0.15) is 5.26 Å². The lowest BCUT2D eigenvalue weighted by atomic mass is 10.0. The second-order valence-corrected chi connectivity index (χ2v) is 23.5. The first kappa shape index (κ1) is 51.8. The maximum atomic E-state index is 9.55. The molecule has 0 aliphatic heterocycles. The van der Waals surface area contributed by atoms with E-state index >= 15 is 0 Å². The molecule has 91 heavy (non-hydrogen) atoms. The van der Waals surface area contributed by atoms with Crippen molar-refractivity contribution in [3.63, 3.8) is 0 Å². The number of para-hydroxylation sites is 6. The highest BCUT2D eigenvalue weighted by Gasteiger charge is 2.20. The smallest absolute Gasteiger partial charge is 0.135 e. The van der Waals surface area contributed by atoms with Crippen LogP contribution in [0.5, 0.6) is 0 Å². The summed E-state index contributed by atoms with van der Waals surface area (Å²) in [5.74, 6) is 0. The Morgan fingerprint density at radius 3 is 1.01 bits per heavy atom. The summed E-state index contributed by atoms with van der Waals surface area (Å²) in [6.45, 7) is 0. The molecule has 19 rings (SSSR count). The standard InChI is InChI=1S/C43H27N3.C42H26N2O/c44-28-29-9-8-12-35(25-29)46-41-16-7-5-14-37(41)39-27-33(20-24-43(39)46)32-19-23-42-38(26-32)36-13-4-6-15-40(36)45(42)34-21-17-31(18-22-34)30-10-2-1-3-11-30;1-2-10-29(11-3-1)43-37-15-7-4-12-31(37)34-24-27(18-21-39(34)43)28-19-22-40-35(25-28)32-13-5-8-16-38(32)44(40)30-20-23-42-36(26-30)33-14-6-9-17-41(33)45-42/h1-27H;1-26H. The maximum Gasteiger partial charge on any atom is 0.135 e. The van der Waals surface area contributed by atoms with Crippen molar-refractivity contribution in [2.45, 2.75) is 0 Å². The molecule has 0 unspecified atom stereocenters. The maximum absolute atomic E-state index is 9.55. The highest BCUT2D eigenvalue weighted by molar-refractivity contribution is 6.15. The Labute approximate surface area is 523 Å². The van der Waals surface area contributed by atoms with E-state index in [4.69, 9.17) is 4.42 Å². The number of hydrogen-bond donors (Lipinski definition) is 0. The van der Waals surface area contributed by atoms with E-state index in [1.807, 2.05) is 30.3 Å². The summed E-state index contributed by atoms with van der Waals surface area (Å²) in [6.07, 6.45) is 0. The van der Waals surface area contributed by atoms with E-state index in [0.717, 1.165) is 50.0 Å². The van der Waals surface area contributed by atoms with Gasteiger partial charge in [-0.1, -0.05) is 182 Å². The molecule has 19 aromatic rings. The minimum atomic E-state index is 0.652. The Hall–Kier alpha value is -12.4. The molecule has 0 aliphatic rings. The molecule has 0 N–H and O–H groups in total. The second kappa shape index (κ2) is 20.9. The van der Waals surface area contributed by atoms with Gasteiger partial charge in [0.1, 0.15) is 11.2 Å². The molecule has 14 aromatic carbocycles. The topological polar surface area (TPSA) is 56.6 Å². The predicted octanol–water partition coefficient (Wildman–Crippen LogP) is 22.5. The molecule has 0 spiro atoms. The normalized spacial score (nSPS) is 11.7. The predicted molar refractivity (Wildman–Crippen MR) is 379 cm³/mol. The first-order chi connectivity index (χ1) is 45.1. The van der Waals surface area contributed by atoms with Crippen molar-refractivity contribution in [2.24, 2.45) is 0 Å². The van der Waals surface area contributed by atoms with Crippen LogP contribution in [0.3, 0.4) is 0 Å². The zero-order valence-corrected chi connectivity index (χ0v) is 49.2. The van der Waals surface area contributed by atoms with Crippen molar-refractivity contribution in [3.8, 4) is 62.2 Å². The summed E-state index contributed by atoms with van der Waals surface area (Å²) in [5, 5.41) is 21.7. The van der Waals surface area contributed by atoms with Gasteiger partial charge >= 0.3 is 0 Å². The third-order valence-corrected chi connectivity index (χ3v) is 18.5. The van der Waals surface area contributed by atoms with E-state index < -0.39 is 0 Å². The summed E-state index contributed by atoms with van der Waals surface area (Å²) in [7, 11) is 0. The molecule has 5 aromatic heterocycles. The Balaban J connectivity index is 0.000000135. The van der Waals surface area contributed by atoms with Crippen molar-refractivity contribution < 1.29 is 4.42 Å². The van der Waals surface area contributed by atoms with Crippen LogP contribution in [0.2, 0.25) is 0 Å². The van der Waals surface area contributed by atoms with Crippen LogP contribution in [0.1, 0.15) is 5.56 Å². The Morgan fingerprint density at radius 1 is 0.209 bits per heavy atom. The molecule has 424 valence electrons. The number of nitriles is 1. The quantitative estimate of drug-likeness (QED) is 0.160. The summed E-state index contributed by atoms with van der Waals surface area (Å²) in [4.78, 5) is 0. The van der Waals surface area contributed by atoms with Crippen molar-refractivity contribution in [3.05, 3.63) is 327 Å². The monoisotopic (exact) mass is 1160 g/mol. The minimum Gasteiger partial charge on any atom is -0.456 e. The number of nitrogens with zero attached hydrogens (tertiary/aromatic N) is 5. The first-order valence-corrected chi connectivity index (χ1v) is 30.9. The SMILES string of the molecule is N#Cc1cccc(-n2c3ccccc3c3cc(-c4ccc5c(c4)c4ccccc4n5-c4ccc(-c5ccccc5)cc4)ccc32)c1.c1ccc(-n2c3ccccc3c3cc(-c4ccc5c(c4)c4ccccc4n5-c4ccc5oc6ccccc6c5c4)ccc32)cc1. The van der Waals surface area contributed by atoms with Gasteiger partial charge in [0, 0.05) is 76.6 Å². The van der Waals surface area contributed by atoms with Crippen molar-refractivity contribution in [1.82, 2.24) is 18.3 Å². The van der Waals surface area contributed by atoms with E-state index in [9.17, 15) is 5.26 Å². The molecular weight excluding hydrogens is 1110 g/mol. The Kier molecular flexibility index (Phi) is 11.9. The van der Waals surface area contributed by atoms with Crippen LogP contribution < -0.4 is 0 Å². The number of benzene rings is 14. The molecule has 0 amide bonds. The molecule has 0 bridgehead atoms. The van der Waals surface area contributed by atoms with Crippen LogP contribution in [-0.4, -0.2) is 18.3 Å². The number of aromatic nitrogens is 4. The van der Waals surface area contributed by atoms with Crippen molar-refractivity contribution in [1.29, 1.82) is 5.26 Å². The van der Waals surface area contributed by atoms with Gasteiger partial charge in [0.15, 0.2) is 0 Å². The molecule has 6 nitrogen and oxygen atoms in total. The van der Waals surface area contributed by atoms with E-state index in [2.05, 4.69) is 316 Å². The van der Waals surface area contributed by atoms with Gasteiger partial charge in [0.2, 0.25) is 0 Å². The number of furan rings is 1. The van der Waals surface area contributed by atoms with E-state index in [-0.39, 0.29) is 0 Å². The number of fused-ring (bicyclic) bond motifs is 15. The lowest BCUT2D eigenvalue weighted by molar-refractivity contribution is 0.669. The molecule has 6 heteroatoms. The second-order valence-electron chi connectivity index (χ2n) is 23.5. The molecule has 0 saturated carbocycles.